The van der Waals surface area contributed by atoms with Crippen LogP contribution in [0.15, 0.2) is 86.0 Å². The van der Waals surface area contributed by atoms with E-state index < -0.39 is 23.9 Å². The fourth-order valence-corrected chi connectivity index (χ4v) is 4.20. The molecule has 0 amide bonds. The topological polar surface area (TPSA) is 133 Å². The first-order valence-electron chi connectivity index (χ1n) is 15.9. The molecule has 0 aliphatic carbocycles. The van der Waals surface area contributed by atoms with Crippen molar-refractivity contribution in [2.45, 2.75) is 52.6 Å². The molecule has 0 saturated carbocycles. The molecule has 0 aromatic heterocycles. The van der Waals surface area contributed by atoms with E-state index in [0.29, 0.717) is 67.1 Å². The number of unbranched alkanes of at least 4 members (excludes halogenated alkanes) is 2. The normalized spacial score (nSPS) is 10.4. The number of rotatable bonds is 20. The average molecular weight is 675 g/mol. The Hall–Kier alpha value is -5.58. The zero-order valence-electron chi connectivity index (χ0n) is 28.1. The maximum atomic E-state index is 13.1. The van der Waals surface area contributed by atoms with Gasteiger partial charge in [0, 0.05) is 18.2 Å². The third-order valence-electron chi connectivity index (χ3n) is 6.64. The molecule has 0 spiro atoms. The van der Waals surface area contributed by atoms with Crippen LogP contribution in [0.5, 0.6) is 28.7 Å². The zero-order chi connectivity index (χ0) is 35.6. The Balaban J connectivity index is 1.55. The van der Waals surface area contributed by atoms with Gasteiger partial charge >= 0.3 is 23.9 Å². The molecule has 0 saturated heterocycles. The lowest BCUT2D eigenvalue weighted by molar-refractivity contribution is -0.138. The van der Waals surface area contributed by atoms with Crippen molar-refractivity contribution in [3.8, 4) is 28.7 Å². The summed E-state index contributed by atoms with van der Waals surface area (Å²) >= 11 is 0. The maximum Gasteiger partial charge on any atom is 0.343 e. The number of aryl methyl sites for hydroxylation is 1. The highest BCUT2D eigenvalue weighted by Crippen LogP contribution is 2.34. The molecular weight excluding hydrogens is 632 g/mol. The number of esters is 4. The lowest BCUT2D eigenvalue weighted by Gasteiger charge is -2.16. The van der Waals surface area contributed by atoms with Crippen LogP contribution in [-0.4, -0.2) is 56.4 Å². The second kappa shape index (κ2) is 19.9. The quantitative estimate of drug-likeness (QED) is 0.0531. The number of hydrogen-bond acceptors (Lipinski definition) is 11. The first kappa shape index (κ1) is 37.9. The molecule has 0 radical (unpaired) electrons. The molecule has 0 atom stereocenters. The molecule has 260 valence electrons. The van der Waals surface area contributed by atoms with Crippen molar-refractivity contribution in [1.82, 2.24) is 0 Å². The summed E-state index contributed by atoms with van der Waals surface area (Å²) in [6.07, 6.45) is 4.63. The van der Waals surface area contributed by atoms with Crippen molar-refractivity contribution in [2.24, 2.45) is 0 Å². The van der Waals surface area contributed by atoms with E-state index in [-0.39, 0.29) is 36.6 Å². The van der Waals surface area contributed by atoms with Gasteiger partial charge in [-0.15, -0.1) is 0 Å². The van der Waals surface area contributed by atoms with Crippen LogP contribution in [-0.2, 0) is 19.1 Å². The summed E-state index contributed by atoms with van der Waals surface area (Å²) in [6.45, 7) is 13.5. The fourth-order valence-electron chi connectivity index (χ4n) is 4.20. The molecular formula is C38H42O11. The van der Waals surface area contributed by atoms with E-state index in [1.54, 1.807) is 49.4 Å². The lowest BCUT2D eigenvalue weighted by atomic mass is 10.1. The van der Waals surface area contributed by atoms with Gasteiger partial charge in [-0.25, -0.2) is 19.2 Å². The minimum atomic E-state index is -0.593. The zero-order valence-corrected chi connectivity index (χ0v) is 28.1. The molecule has 3 aromatic rings. The Kier molecular flexibility index (Phi) is 15.4. The maximum absolute atomic E-state index is 13.1. The van der Waals surface area contributed by atoms with E-state index in [2.05, 4.69) is 13.2 Å². The van der Waals surface area contributed by atoms with Crippen molar-refractivity contribution < 1.29 is 52.3 Å². The van der Waals surface area contributed by atoms with Crippen LogP contribution in [0, 0.1) is 6.92 Å². The van der Waals surface area contributed by atoms with Gasteiger partial charge in [-0.05, 0) is 107 Å². The van der Waals surface area contributed by atoms with Gasteiger partial charge in [0.1, 0.15) is 17.2 Å². The van der Waals surface area contributed by atoms with Crippen LogP contribution in [0.4, 0.5) is 0 Å². The number of ether oxygens (including phenoxy) is 7. The van der Waals surface area contributed by atoms with Crippen LogP contribution < -0.4 is 23.7 Å². The Morgan fingerprint density at radius 3 is 1.76 bits per heavy atom. The summed E-state index contributed by atoms with van der Waals surface area (Å²) in [5, 5.41) is 0. The van der Waals surface area contributed by atoms with Gasteiger partial charge in [0.2, 0.25) is 0 Å². The predicted molar refractivity (Wildman–Crippen MR) is 182 cm³/mol. The minimum Gasteiger partial charge on any atom is -0.494 e. The van der Waals surface area contributed by atoms with Crippen molar-refractivity contribution >= 4 is 23.9 Å². The largest absolute Gasteiger partial charge is 0.494 e. The van der Waals surface area contributed by atoms with E-state index in [0.717, 1.165) is 12.2 Å². The Labute approximate surface area is 286 Å². The summed E-state index contributed by atoms with van der Waals surface area (Å²) in [5.74, 6) is -0.329. The average Bonchev–Trinajstić information content (AvgIpc) is 3.08. The predicted octanol–water partition coefficient (Wildman–Crippen LogP) is 7.00. The van der Waals surface area contributed by atoms with Crippen molar-refractivity contribution in [2.75, 3.05) is 26.4 Å². The molecule has 0 aliphatic rings. The Morgan fingerprint density at radius 1 is 0.633 bits per heavy atom. The van der Waals surface area contributed by atoms with E-state index in [1.807, 2.05) is 13.8 Å². The number of benzene rings is 3. The fraction of sp³-hybridized carbons (Fsp3) is 0.316. The Morgan fingerprint density at radius 2 is 1.18 bits per heavy atom. The van der Waals surface area contributed by atoms with Crippen molar-refractivity contribution in [3.63, 3.8) is 0 Å². The van der Waals surface area contributed by atoms with Crippen molar-refractivity contribution in [1.29, 1.82) is 0 Å². The molecule has 3 aromatic carbocycles. The highest BCUT2D eigenvalue weighted by molar-refractivity contribution is 5.93. The van der Waals surface area contributed by atoms with Crippen LogP contribution in [0.2, 0.25) is 0 Å². The van der Waals surface area contributed by atoms with E-state index in [1.165, 1.54) is 18.2 Å². The SMILES string of the molecule is C=CC(=O)OCCCCOc1ccc(C(=O)Oc2ccc(OC(=O)c3ccc(OCCCCOC(=O)C=C)cc3C)c(OC(C)C)c2)cc1. The number of carbonyl (C=O) groups excluding carboxylic acids is 4. The smallest absolute Gasteiger partial charge is 0.343 e. The van der Waals surface area contributed by atoms with Gasteiger partial charge in [-0.3, -0.25) is 0 Å². The molecule has 11 heteroatoms. The summed E-state index contributed by atoms with van der Waals surface area (Å²) in [5.41, 5.74) is 1.31. The highest BCUT2D eigenvalue weighted by atomic mass is 16.6. The third-order valence-corrected chi connectivity index (χ3v) is 6.64. The number of carbonyl (C=O) groups is 4. The van der Waals surface area contributed by atoms with Gasteiger partial charge < -0.3 is 33.2 Å². The third kappa shape index (κ3) is 13.2. The molecule has 0 aliphatic heterocycles. The van der Waals surface area contributed by atoms with Crippen LogP contribution in [0.1, 0.15) is 65.8 Å². The summed E-state index contributed by atoms with van der Waals surface area (Å²) in [4.78, 5) is 48.2. The van der Waals surface area contributed by atoms with Crippen LogP contribution in [0.3, 0.4) is 0 Å². The van der Waals surface area contributed by atoms with Crippen LogP contribution >= 0.6 is 0 Å². The summed E-state index contributed by atoms with van der Waals surface area (Å²) in [6, 6.07) is 16.1. The van der Waals surface area contributed by atoms with Crippen molar-refractivity contribution in [3.05, 3.63) is 103 Å². The molecule has 0 N–H and O–H groups in total. The van der Waals surface area contributed by atoms with Crippen LogP contribution in [0.25, 0.3) is 0 Å². The van der Waals surface area contributed by atoms with E-state index in [4.69, 9.17) is 33.2 Å². The Bertz CT molecular complexity index is 1590. The van der Waals surface area contributed by atoms with E-state index in [9.17, 15) is 19.2 Å². The molecule has 49 heavy (non-hydrogen) atoms. The molecule has 0 heterocycles. The van der Waals surface area contributed by atoms with E-state index >= 15 is 0 Å². The monoisotopic (exact) mass is 674 g/mol. The highest BCUT2D eigenvalue weighted by Gasteiger charge is 2.18. The minimum absolute atomic E-state index is 0.163. The lowest BCUT2D eigenvalue weighted by Crippen LogP contribution is -2.14. The molecule has 0 bridgehead atoms. The van der Waals surface area contributed by atoms with Gasteiger partial charge in [0.15, 0.2) is 11.5 Å². The molecule has 0 fully saturated rings. The summed E-state index contributed by atoms with van der Waals surface area (Å²) in [7, 11) is 0. The molecule has 11 nitrogen and oxygen atoms in total. The molecule has 0 unspecified atom stereocenters. The molecule has 3 rings (SSSR count). The van der Waals surface area contributed by atoms with Gasteiger partial charge in [-0.1, -0.05) is 13.2 Å². The second-order valence-corrected chi connectivity index (χ2v) is 10.9. The second-order valence-electron chi connectivity index (χ2n) is 10.9. The van der Waals surface area contributed by atoms with Gasteiger partial charge in [0.05, 0.1) is 43.7 Å². The first-order chi connectivity index (χ1) is 23.6. The number of hydrogen-bond donors (Lipinski definition) is 0. The van der Waals surface area contributed by atoms with Gasteiger partial charge in [0.25, 0.3) is 0 Å². The van der Waals surface area contributed by atoms with Gasteiger partial charge in [-0.2, -0.15) is 0 Å². The summed E-state index contributed by atoms with van der Waals surface area (Å²) < 4.78 is 38.5. The standard InChI is InChI=1S/C38H42O11/c1-6-35(39)45-22-10-8-20-43-29-14-12-28(13-15-29)37(41)48-31-17-19-33(34(25-31)47-26(3)4)49-38(42)32-18-16-30(24-27(32)5)44-21-9-11-23-46-36(40)7-2/h6-7,12-19,24-26H,1-2,8-11,20-23H2,3-5H3. The first-order valence-corrected chi connectivity index (χ1v) is 15.9.